The summed E-state index contributed by atoms with van der Waals surface area (Å²) in [5.41, 5.74) is 0.296. The van der Waals surface area contributed by atoms with Gasteiger partial charge in [-0.2, -0.15) is 0 Å². The SMILES string of the molecule is Cl.O=C(O)c1cc(O)ccc1NC1N=CC(O)CN1. The van der Waals surface area contributed by atoms with Crippen LogP contribution in [0.2, 0.25) is 0 Å². The molecule has 8 heteroatoms. The van der Waals surface area contributed by atoms with Crippen LogP contribution >= 0.6 is 12.4 Å². The topological polar surface area (TPSA) is 114 Å². The number of aromatic hydroxyl groups is 1. The van der Waals surface area contributed by atoms with Crippen molar-refractivity contribution >= 4 is 30.3 Å². The van der Waals surface area contributed by atoms with Crippen molar-refractivity contribution in [3.05, 3.63) is 23.8 Å². The maximum Gasteiger partial charge on any atom is 0.337 e. The van der Waals surface area contributed by atoms with E-state index in [1.165, 1.54) is 18.3 Å². The molecule has 19 heavy (non-hydrogen) atoms. The summed E-state index contributed by atoms with van der Waals surface area (Å²) in [6.45, 7) is 0.335. The monoisotopic (exact) mass is 287 g/mol. The van der Waals surface area contributed by atoms with E-state index in [9.17, 15) is 15.0 Å². The largest absolute Gasteiger partial charge is 0.508 e. The number of anilines is 1. The Balaban J connectivity index is 0.00000180. The average Bonchev–Trinajstić information content (AvgIpc) is 2.34. The molecule has 0 amide bonds. The van der Waals surface area contributed by atoms with Gasteiger partial charge >= 0.3 is 5.97 Å². The molecule has 1 aliphatic heterocycles. The number of nitrogens with zero attached hydrogens (tertiary/aromatic N) is 1. The summed E-state index contributed by atoms with van der Waals surface area (Å²) in [6, 6.07) is 4.00. The molecule has 0 fully saturated rings. The number of phenolic OH excluding ortho intramolecular Hbond substituents is 1. The van der Waals surface area contributed by atoms with Crippen molar-refractivity contribution in [1.82, 2.24) is 5.32 Å². The van der Waals surface area contributed by atoms with Gasteiger partial charge in [0.1, 0.15) is 11.9 Å². The highest BCUT2D eigenvalue weighted by Gasteiger charge is 2.17. The second-order valence-corrected chi connectivity index (χ2v) is 3.86. The predicted molar refractivity (Wildman–Crippen MR) is 72.2 cm³/mol. The van der Waals surface area contributed by atoms with Gasteiger partial charge in [0.25, 0.3) is 0 Å². The highest BCUT2D eigenvalue weighted by atomic mass is 35.5. The molecule has 2 unspecified atom stereocenters. The molecule has 0 saturated heterocycles. The number of aliphatic hydroxyl groups excluding tert-OH is 1. The van der Waals surface area contributed by atoms with Crippen LogP contribution in [-0.4, -0.2) is 46.4 Å². The van der Waals surface area contributed by atoms with Gasteiger partial charge in [-0.1, -0.05) is 0 Å². The van der Waals surface area contributed by atoms with E-state index in [2.05, 4.69) is 15.6 Å². The van der Waals surface area contributed by atoms with Crippen molar-refractivity contribution in [1.29, 1.82) is 0 Å². The second-order valence-electron chi connectivity index (χ2n) is 3.86. The summed E-state index contributed by atoms with van der Waals surface area (Å²) in [7, 11) is 0. The Kier molecular flexibility index (Phi) is 5.11. The summed E-state index contributed by atoms with van der Waals surface area (Å²) in [5.74, 6) is -1.26. The van der Waals surface area contributed by atoms with Crippen LogP contribution in [0.5, 0.6) is 5.75 Å². The molecule has 0 spiro atoms. The van der Waals surface area contributed by atoms with Crippen LogP contribution in [-0.2, 0) is 0 Å². The van der Waals surface area contributed by atoms with Crippen molar-refractivity contribution in [3.8, 4) is 5.75 Å². The van der Waals surface area contributed by atoms with E-state index in [0.717, 1.165) is 6.07 Å². The fraction of sp³-hybridized carbons (Fsp3) is 0.273. The predicted octanol–water partition coefficient (Wildman–Crippen LogP) is 0.243. The number of benzene rings is 1. The number of hydrogen-bond donors (Lipinski definition) is 5. The van der Waals surface area contributed by atoms with Crippen molar-refractivity contribution in [2.24, 2.45) is 4.99 Å². The van der Waals surface area contributed by atoms with Crippen molar-refractivity contribution in [2.45, 2.75) is 12.4 Å². The molecule has 0 bridgehead atoms. The number of carboxylic acids is 1. The maximum atomic E-state index is 11.0. The van der Waals surface area contributed by atoms with Crippen LogP contribution in [0.4, 0.5) is 5.69 Å². The minimum atomic E-state index is -1.15. The Morgan fingerprint density at radius 1 is 1.47 bits per heavy atom. The maximum absolute atomic E-state index is 11.0. The number of β-amino-alcohol motifs (C(OH)–C–C–N with tert-alkyl or cyclic N) is 1. The van der Waals surface area contributed by atoms with Gasteiger partial charge < -0.3 is 20.6 Å². The zero-order valence-corrected chi connectivity index (χ0v) is 10.6. The molecule has 1 aromatic carbocycles. The van der Waals surface area contributed by atoms with E-state index in [1.807, 2.05) is 0 Å². The number of aliphatic imine (C=N–C) groups is 1. The molecule has 7 nitrogen and oxygen atoms in total. The number of rotatable bonds is 3. The quantitative estimate of drug-likeness (QED) is 0.509. The number of hydrogen-bond acceptors (Lipinski definition) is 6. The van der Waals surface area contributed by atoms with Crippen LogP contribution in [0.3, 0.4) is 0 Å². The first kappa shape index (κ1) is 15.2. The number of phenols is 1. The fourth-order valence-electron chi connectivity index (χ4n) is 1.59. The summed E-state index contributed by atoms with van der Waals surface area (Å²) in [6.07, 6.45) is 0.243. The molecule has 0 radical (unpaired) electrons. The van der Waals surface area contributed by atoms with Gasteiger partial charge in [-0.25, -0.2) is 4.79 Å². The highest BCUT2D eigenvalue weighted by Crippen LogP contribution is 2.22. The second kappa shape index (κ2) is 6.37. The van der Waals surface area contributed by atoms with Crippen molar-refractivity contribution in [3.63, 3.8) is 0 Å². The Morgan fingerprint density at radius 3 is 2.79 bits per heavy atom. The molecule has 1 heterocycles. The summed E-state index contributed by atoms with van der Waals surface area (Å²) in [5, 5.41) is 33.2. The van der Waals surface area contributed by atoms with Gasteiger partial charge in [0, 0.05) is 12.8 Å². The normalized spacial score (nSPS) is 21.5. The van der Waals surface area contributed by atoms with E-state index in [-0.39, 0.29) is 23.7 Å². The van der Waals surface area contributed by atoms with Gasteiger partial charge in [-0.3, -0.25) is 10.3 Å². The lowest BCUT2D eigenvalue weighted by Gasteiger charge is -2.23. The Labute approximate surface area is 115 Å². The molecule has 1 aromatic rings. The molecule has 0 aromatic heterocycles. The third kappa shape index (κ3) is 3.82. The number of carbonyl (C=O) groups is 1. The van der Waals surface area contributed by atoms with Gasteiger partial charge in [0.05, 0.1) is 11.3 Å². The number of nitrogens with one attached hydrogen (secondary N) is 2. The molecular formula is C11H14ClN3O4. The third-order valence-corrected chi connectivity index (χ3v) is 2.45. The summed E-state index contributed by atoms with van der Waals surface area (Å²) in [4.78, 5) is 15.0. The van der Waals surface area contributed by atoms with Crippen LogP contribution in [0.1, 0.15) is 10.4 Å². The fourth-order valence-corrected chi connectivity index (χ4v) is 1.59. The third-order valence-electron chi connectivity index (χ3n) is 2.45. The van der Waals surface area contributed by atoms with Crippen molar-refractivity contribution < 1.29 is 20.1 Å². The highest BCUT2D eigenvalue weighted by molar-refractivity contribution is 5.94. The summed E-state index contributed by atoms with van der Waals surface area (Å²) >= 11 is 0. The first-order valence-corrected chi connectivity index (χ1v) is 5.34. The van der Waals surface area contributed by atoms with Gasteiger partial charge in [-0.05, 0) is 18.2 Å². The zero-order chi connectivity index (χ0) is 13.1. The number of carboxylic acid groups (broad SMARTS) is 1. The average molecular weight is 288 g/mol. The molecule has 1 aliphatic rings. The van der Waals surface area contributed by atoms with E-state index >= 15 is 0 Å². The van der Waals surface area contributed by atoms with Crippen molar-refractivity contribution in [2.75, 3.05) is 11.9 Å². The lowest BCUT2D eigenvalue weighted by Crippen LogP contribution is -2.44. The minimum absolute atomic E-state index is 0. The van der Waals surface area contributed by atoms with Crippen LogP contribution < -0.4 is 10.6 Å². The Morgan fingerprint density at radius 2 is 2.21 bits per heavy atom. The van der Waals surface area contributed by atoms with Gasteiger partial charge in [0.2, 0.25) is 0 Å². The van der Waals surface area contributed by atoms with Crippen LogP contribution in [0, 0.1) is 0 Å². The molecule has 0 aliphatic carbocycles. The number of aromatic carboxylic acids is 1. The van der Waals surface area contributed by atoms with Gasteiger partial charge in [-0.15, -0.1) is 12.4 Å². The lowest BCUT2D eigenvalue weighted by atomic mass is 10.1. The number of aliphatic hydroxyl groups is 1. The first-order chi connectivity index (χ1) is 8.56. The molecule has 2 atom stereocenters. The van der Waals surface area contributed by atoms with E-state index in [1.54, 1.807) is 0 Å². The molecule has 2 rings (SSSR count). The molecule has 104 valence electrons. The molecule has 5 N–H and O–H groups in total. The van der Waals surface area contributed by atoms with E-state index in [0.29, 0.717) is 12.2 Å². The smallest absolute Gasteiger partial charge is 0.337 e. The number of halogens is 1. The summed E-state index contributed by atoms with van der Waals surface area (Å²) < 4.78 is 0. The van der Waals surface area contributed by atoms with Crippen LogP contribution in [0.25, 0.3) is 0 Å². The van der Waals surface area contributed by atoms with E-state index < -0.39 is 18.4 Å². The Hall–Kier alpha value is -1.83. The zero-order valence-electron chi connectivity index (χ0n) is 9.78. The molecular weight excluding hydrogens is 274 g/mol. The minimum Gasteiger partial charge on any atom is -0.508 e. The first-order valence-electron chi connectivity index (χ1n) is 5.34. The molecule has 0 saturated carbocycles. The Bertz CT molecular complexity index is 495. The van der Waals surface area contributed by atoms with Gasteiger partial charge in [0.15, 0.2) is 6.29 Å². The lowest BCUT2D eigenvalue weighted by molar-refractivity contribution is 0.0697. The standard InChI is InChI=1S/C11H13N3O4.ClH/c15-6-1-2-9(8(3-6)10(17)18)14-11-12-4-7(16)5-13-11;/h1-4,7,11,13-16H,5H2,(H,17,18);1H. The van der Waals surface area contributed by atoms with E-state index in [4.69, 9.17) is 5.11 Å². The van der Waals surface area contributed by atoms with Crippen LogP contribution in [0.15, 0.2) is 23.2 Å².